The summed E-state index contributed by atoms with van der Waals surface area (Å²) in [5, 5.41) is 3.81. The summed E-state index contributed by atoms with van der Waals surface area (Å²) in [6.07, 6.45) is 12.9. The quantitative estimate of drug-likeness (QED) is 0.650. The van der Waals surface area contributed by atoms with Gasteiger partial charge in [0.2, 0.25) is 0 Å². The maximum absolute atomic E-state index is 3.81. The van der Waals surface area contributed by atoms with Crippen LogP contribution >= 0.6 is 27.7 Å². The molecule has 1 aliphatic carbocycles. The minimum absolute atomic E-state index is 0.660. The molecule has 2 atom stereocenters. The first-order valence-corrected chi connectivity index (χ1v) is 10.9. The van der Waals surface area contributed by atoms with Gasteiger partial charge < -0.3 is 10.2 Å². The van der Waals surface area contributed by atoms with Crippen LogP contribution < -0.4 is 10.2 Å². The fourth-order valence-corrected chi connectivity index (χ4v) is 5.66. The van der Waals surface area contributed by atoms with Gasteiger partial charge in [-0.3, -0.25) is 0 Å². The third-order valence-corrected chi connectivity index (χ3v) is 6.99. The Kier molecular flexibility index (Phi) is 5.39. The molecule has 2 unspecified atom stereocenters. The molecule has 3 aliphatic rings. The zero-order chi connectivity index (χ0) is 17.2. The highest BCUT2D eigenvalue weighted by atomic mass is 79.9. The molecule has 2 aliphatic heterocycles. The van der Waals surface area contributed by atoms with Crippen LogP contribution in [0.25, 0.3) is 0 Å². The molecule has 1 fully saturated rings. The summed E-state index contributed by atoms with van der Waals surface area (Å²) in [6, 6.07) is 10.2. The molecule has 1 saturated heterocycles. The largest absolute Gasteiger partial charge is 0.340 e. The number of halogens is 1. The third-order valence-electron chi connectivity index (χ3n) is 5.32. The maximum atomic E-state index is 3.81. The van der Waals surface area contributed by atoms with E-state index in [1.807, 2.05) is 11.8 Å². The lowest BCUT2D eigenvalue weighted by atomic mass is 10.1. The molecule has 1 aromatic rings. The van der Waals surface area contributed by atoms with E-state index < -0.39 is 0 Å². The normalized spacial score (nSPS) is 25.5. The van der Waals surface area contributed by atoms with Crippen molar-refractivity contribution in [1.29, 1.82) is 0 Å². The summed E-state index contributed by atoms with van der Waals surface area (Å²) < 4.78 is 1.25. The van der Waals surface area contributed by atoms with E-state index in [1.165, 1.54) is 51.4 Å². The van der Waals surface area contributed by atoms with Crippen molar-refractivity contribution in [3.05, 3.63) is 57.6 Å². The van der Waals surface area contributed by atoms with Crippen LogP contribution in [0.1, 0.15) is 39.0 Å². The molecule has 0 saturated carbocycles. The average molecular weight is 417 g/mol. The van der Waals surface area contributed by atoms with Crippen LogP contribution in [0.15, 0.2) is 62.5 Å². The summed E-state index contributed by atoms with van der Waals surface area (Å²) in [5.41, 5.74) is 2.70. The van der Waals surface area contributed by atoms with Gasteiger partial charge in [0.1, 0.15) is 0 Å². The van der Waals surface area contributed by atoms with Gasteiger partial charge in [0.25, 0.3) is 0 Å². The number of hydrogen-bond acceptors (Lipinski definition) is 3. The molecule has 0 bridgehead atoms. The predicted molar refractivity (Wildman–Crippen MR) is 112 cm³/mol. The number of rotatable bonds is 4. The van der Waals surface area contributed by atoms with Crippen LogP contribution in [0.2, 0.25) is 0 Å². The van der Waals surface area contributed by atoms with E-state index in [-0.39, 0.29) is 0 Å². The van der Waals surface area contributed by atoms with Gasteiger partial charge in [-0.2, -0.15) is 0 Å². The smallest absolute Gasteiger partial charge is 0.0552 e. The van der Waals surface area contributed by atoms with Crippen LogP contribution in [0, 0.1) is 0 Å². The summed E-state index contributed by atoms with van der Waals surface area (Å²) in [7, 11) is 0. The first kappa shape index (κ1) is 17.4. The first-order chi connectivity index (χ1) is 12.2. The molecular formula is C21H25BrN2S. The second-order valence-corrected chi connectivity index (χ2v) is 9.11. The molecule has 2 nitrogen and oxygen atoms in total. The number of thioether (sulfide) groups is 1. The van der Waals surface area contributed by atoms with Gasteiger partial charge in [-0.1, -0.05) is 52.8 Å². The molecule has 2 heterocycles. The number of benzene rings is 1. The molecule has 0 amide bonds. The van der Waals surface area contributed by atoms with Crippen molar-refractivity contribution in [2.45, 2.75) is 56.0 Å². The lowest BCUT2D eigenvalue weighted by Gasteiger charge is -2.34. The summed E-state index contributed by atoms with van der Waals surface area (Å²) in [4.78, 5) is 5.24. The van der Waals surface area contributed by atoms with Crippen molar-refractivity contribution >= 4 is 33.4 Å². The Morgan fingerprint density at radius 1 is 1.24 bits per heavy atom. The highest BCUT2D eigenvalue weighted by Crippen LogP contribution is 2.46. The maximum Gasteiger partial charge on any atom is 0.0552 e. The monoisotopic (exact) mass is 416 g/mol. The van der Waals surface area contributed by atoms with Crippen molar-refractivity contribution in [1.82, 2.24) is 5.32 Å². The lowest BCUT2D eigenvalue weighted by Crippen LogP contribution is -2.34. The standard InChI is InChI=1S/C21H25BrN2S/c1-2-16-10-11-17(23-16)12-13-24-18-7-3-4-9-20(18)25-21-14-15(22)6-5-8-19(21)24/h3-5,7-9,14,16-17,23H,2,6,10-13H2,1H3. The Balaban J connectivity index is 1.59. The number of allylic oxidation sites excluding steroid dienone is 4. The topological polar surface area (TPSA) is 15.3 Å². The molecule has 0 aromatic heterocycles. The number of anilines is 1. The van der Waals surface area contributed by atoms with Gasteiger partial charge in [-0.25, -0.2) is 0 Å². The lowest BCUT2D eigenvalue weighted by molar-refractivity contribution is 0.504. The van der Waals surface area contributed by atoms with Crippen LogP contribution in [-0.2, 0) is 0 Å². The molecule has 4 rings (SSSR count). The number of nitrogens with one attached hydrogen (secondary N) is 1. The Bertz CT molecular complexity index is 737. The molecule has 132 valence electrons. The Labute approximate surface area is 163 Å². The van der Waals surface area contributed by atoms with E-state index in [2.05, 4.69) is 75.6 Å². The Morgan fingerprint density at radius 3 is 2.92 bits per heavy atom. The minimum atomic E-state index is 0.660. The van der Waals surface area contributed by atoms with Crippen molar-refractivity contribution in [3.8, 4) is 0 Å². The zero-order valence-corrected chi connectivity index (χ0v) is 17.1. The van der Waals surface area contributed by atoms with Crippen LogP contribution in [0.5, 0.6) is 0 Å². The molecule has 1 N–H and O–H groups in total. The number of nitrogens with zero attached hydrogens (tertiary/aromatic N) is 1. The van der Waals surface area contributed by atoms with E-state index in [0.29, 0.717) is 6.04 Å². The van der Waals surface area contributed by atoms with Gasteiger partial charge in [0.15, 0.2) is 0 Å². The summed E-state index contributed by atoms with van der Waals surface area (Å²) in [6.45, 7) is 3.36. The van der Waals surface area contributed by atoms with Crippen molar-refractivity contribution in [2.24, 2.45) is 0 Å². The minimum Gasteiger partial charge on any atom is -0.340 e. The van der Waals surface area contributed by atoms with Gasteiger partial charge >= 0.3 is 0 Å². The van der Waals surface area contributed by atoms with Crippen LogP contribution in [0.4, 0.5) is 5.69 Å². The average Bonchev–Trinajstić information content (AvgIpc) is 3.00. The Hall–Kier alpha value is -0.970. The first-order valence-electron chi connectivity index (χ1n) is 9.32. The van der Waals surface area contributed by atoms with Gasteiger partial charge in [-0.05, 0) is 56.4 Å². The van der Waals surface area contributed by atoms with E-state index in [1.54, 1.807) is 0 Å². The molecule has 25 heavy (non-hydrogen) atoms. The van der Waals surface area contributed by atoms with Crippen molar-refractivity contribution in [3.63, 3.8) is 0 Å². The number of hydrogen-bond donors (Lipinski definition) is 1. The molecule has 1 aromatic carbocycles. The zero-order valence-electron chi connectivity index (χ0n) is 14.7. The number of para-hydroxylation sites is 1. The summed E-state index contributed by atoms with van der Waals surface area (Å²) in [5.74, 6) is 0. The van der Waals surface area contributed by atoms with Crippen molar-refractivity contribution < 1.29 is 0 Å². The van der Waals surface area contributed by atoms with Gasteiger partial charge in [-0.15, -0.1) is 0 Å². The van der Waals surface area contributed by atoms with Crippen LogP contribution in [-0.4, -0.2) is 18.6 Å². The third kappa shape index (κ3) is 3.76. The molecular weight excluding hydrogens is 392 g/mol. The van der Waals surface area contributed by atoms with E-state index >= 15 is 0 Å². The van der Waals surface area contributed by atoms with Crippen molar-refractivity contribution in [2.75, 3.05) is 11.4 Å². The second kappa shape index (κ2) is 7.73. The van der Waals surface area contributed by atoms with E-state index in [9.17, 15) is 0 Å². The molecule has 0 radical (unpaired) electrons. The SMILES string of the molecule is CCC1CCC(CCN2C3=C(C=C(Br)CC=C3)Sc3ccccc32)N1. The fourth-order valence-electron chi connectivity index (χ4n) is 3.94. The predicted octanol–water partition coefficient (Wildman–Crippen LogP) is 5.97. The van der Waals surface area contributed by atoms with Crippen LogP contribution in [0.3, 0.4) is 0 Å². The Morgan fingerprint density at radius 2 is 2.08 bits per heavy atom. The van der Waals surface area contributed by atoms with Gasteiger partial charge in [0.05, 0.1) is 11.4 Å². The molecule has 4 heteroatoms. The van der Waals surface area contributed by atoms with E-state index in [0.717, 1.165) is 19.0 Å². The molecule has 0 spiro atoms. The highest BCUT2D eigenvalue weighted by molar-refractivity contribution is 9.11. The fraction of sp³-hybridized carbons (Fsp3) is 0.429. The highest BCUT2D eigenvalue weighted by Gasteiger charge is 2.27. The van der Waals surface area contributed by atoms with Gasteiger partial charge in [0, 0.05) is 32.9 Å². The van der Waals surface area contributed by atoms with E-state index in [4.69, 9.17) is 0 Å². The summed E-state index contributed by atoms with van der Waals surface area (Å²) >= 11 is 5.59. The second-order valence-electron chi connectivity index (χ2n) is 7.00. The number of fused-ring (bicyclic) bond motifs is 1.